The van der Waals surface area contributed by atoms with Crippen LogP contribution in [0.5, 0.6) is 0 Å². The van der Waals surface area contributed by atoms with Crippen molar-refractivity contribution in [3.05, 3.63) is 46.3 Å². The Morgan fingerprint density at radius 3 is 2.82 bits per heavy atom. The number of hydrogen-bond donors (Lipinski definition) is 1. The summed E-state index contributed by atoms with van der Waals surface area (Å²) in [5, 5.41) is 2.87. The Hall–Kier alpha value is -2.67. The van der Waals surface area contributed by atoms with Gasteiger partial charge in [0.15, 0.2) is 12.0 Å². The van der Waals surface area contributed by atoms with Gasteiger partial charge in [-0.3, -0.25) is 9.59 Å². The predicted molar refractivity (Wildman–Crippen MR) is 77.7 cm³/mol. The Labute approximate surface area is 125 Å². The molecule has 0 saturated heterocycles. The number of esters is 1. The van der Waals surface area contributed by atoms with Crippen LogP contribution < -0.4 is 10.7 Å². The van der Waals surface area contributed by atoms with Gasteiger partial charge in [0.1, 0.15) is 5.58 Å². The zero-order chi connectivity index (χ0) is 15.9. The number of carbonyl (C=O) groups is 2. The first-order valence-electron chi connectivity index (χ1n) is 6.57. The van der Waals surface area contributed by atoms with Crippen molar-refractivity contribution in [3.8, 4) is 0 Å². The molecule has 0 saturated carbocycles. The molecular weight excluding hydrogens is 290 g/mol. The molecule has 2 aromatic rings. The molecule has 1 amide bonds. The molecule has 0 atom stereocenters. The Kier molecular flexibility index (Phi) is 5.26. The van der Waals surface area contributed by atoms with Crippen molar-refractivity contribution in [2.24, 2.45) is 0 Å². The molecule has 7 nitrogen and oxygen atoms in total. The number of ether oxygens (including phenoxy) is 2. The summed E-state index contributed by atoms with van der Waals surface area (Å²) in [6.45, 7) is 0.219. The number of nitrogens with one attached hydrogen (secondary N) is 1. The van der Waals surface area contributed by atoms with E-state index in [2.05, 4.69) is 5.32 Å². The Bertz CT molecular complexity index is 736. The van der Waals surface area contributed by atoms with E-state index in [-0.39, 0.29) is 16.8 Å². The number of rotatable bonds is 6. The van der Waals surface area contributed by atoms with Crippen LogP contribution >= 0.6 is 0 Å². The quantitative estimate of drug-likeness (QED) is 0.624. The lowest BCUT2D eigenvalue weighted by Crippen LogP contribution is -2.31. The van der Waals surface area contributed by atoms with Crippen LogP contribution in [0.1, 0.15) is 10.6 Å². The monoisotopic (exact) mass is 305 g/mol. The lowest BCUT2D eigenvalue weighted by molar-refractivity contribution is -0.124. The average Bonchev–Trinajstić information content (AvgIpc) is 2.53. The van der Waals surface area contributed by atoms with E-state index >= 15 is 0 Å². The van der Waals surface area contributed by atoms with Gasteiger partial charge in [0.25, 0.3) is 5.91 Å². The highest BCUT2D eigenvalue weighted by molar-refractivity contribution is 5.90. The fourth-order valence-electron chi connectivity index (χ4n) is 1.75. The largest absolute Gasteiger partial charge is 0.450 e. The number of fused-ring (bicyclic) bond motifs is 1. The number of carbonyl (C=O) groups excluding carboxylic acids is 2. The second-order valence-corrected chi connectivity index (χ2v) is 4.39. The molecule has 0 radical (unpaired) electrons. The number of hydrogen-bond acceptors (Lipinski definition) is 6. The van der Waals surface area contributed by atoms with E-state index in [1.54, 1.807) is 24.3 Å². The number of amides is 1. The van der Waals surface area contributed by atoms with Crippen LogP contribution in [0.15, 0.2) is 39.5 Å². The minimum absolute atomic E-state index is 0.242. The highest BCUT2D eigenvalue weighted by atomic mass is 16.5. The van der Waals surface area contributed by atoms with E-state index in [1.807, 2.05) is 0 Å². The van der Waals surface area contributed by atoms with Crippen molar-refractivity contribution in [3.63, 3.8) is 0 Å². The molecule has 0 bridgehead atoms. The molecule has 1 heterocycles. The van der Waals surface area contributed by atoms with Crippen molar-refractivity contribution in [2.75, 3.05) is 26.9 Å². The average molecular weight is 305 g/mol. The molecule has 7 heteroatoms. The maximum Gasteiger partial charge on any atom is 0.374 e. The van der Waals surface area contributed by atoms with Crippen LogP contribution in [0.4, 0.5) is 0 Å². The van der Waals surface area contributed by atoms with Crippen molar-refractivity contribution in [2.45, 2.75) is 0 Å². The minimum atomic E-state index is -0.871. The van der Waals surface area contributed by atoms with Crippen LogP contribution in [0, 0.1) is 0 Å². The summed E-state index contributed by atoms with van der Waals surface area (Å²) in [4.78, 5) is 35.1. The van der Waals surface area contributed by atoms with Crippen LogP contribution in [-0.2, 0) is 14.3 Å². The van der Waals surface area contributed by atoms with Crippen LogP contribution in [-0.4, -0.2) is 38.7 Å². The molecule has 1 N–H and O–H groups in total. The maximum absolute atomic E-state index is 11.9. The van der Waals surface area contributed by atoms with Crippen molar-refractivity contribution < 1.29 is 23.5 Å². The lowest BCUT2D eigenvalue weighted by atomic mass is 10.2. The normalized spacial score (nSPS) is 10.4. The van der Waals surface area contributed by atoms with Gasteiger partial charge in [0, 0.05) is 19.7 Å². The molecule has 116 valence electrons. The summed E-state index contributed by atoms with van der Waals surface area (Å²) in [5.74, 6) is -1.58. The van der Waals surface area contributed by atoms with Crippen LogP contribution in [0.2, 0.25) is 0 Å². The molecule has 0 spiro atoms. The SMILES string of the molecule is COCCNC(=O)COC(=O)c1cc(=O)c2ccccc2o1. The topological polar surface area (TPSA) is 94.8 Å². The fraction of sp³-hybridized carbons (Fsp3) is 0.267. The summed E-state index contributed by atoms with van der Waals surface area (Å²) >= 11 is 0. The molecule has 22 heavy (non-hydrogen) atoms. The fourth-order valence-corrected chi connectivity index (χ4v) is 1.75. The van der Waals surface area contributed by atoms with Gasteiger partial charge in [-0.15, -0.1) is 0 Å². The molecule has 0 aliphatic heterocycles. The molecule has 0 aliphatic carbocycles. The van der Waals surface area contributed by atoms with Gasteiger partial charge in [0.05, 0.1) is 12.0 Å². The van der Waals surface area contributed by atoms with Gasteiger partial charge in [-0.05, 0) is 12.1 Å². The molecule has 2 rings (SSSR count). The lowest BCUT2D eigenvalue weighted by Gasteiger charge is -2.06. The van der Waals surface area contributed by atoms with Gasteiger partial charge in [-0.1, -0.05) is 12.1 Å². The third-order valence-corrected chi connectivity index (χ3v) is 2.80. The maximum atomic E-state index is 11.9. The third-order valence-electron chi connectivity index (χ3n) is 2.80. The van der Waals surface area contributed by atoms with E-state index in [0.717, 1.165) is 6.07 Å². The van der Waals surface area contributed by atoms with Gasteiger partial charge in [-0.25, -0.2) is 4.79 Å². The first-order chi connectivity index (χ1) is 10.6. The van der Waals surface area contributed by atoms with Gasteiger partial charge >= 0.3 is 5.97 Å². The van der Waals surface area contributed by atoms with Crippen LogP contribution in [0.3, 0.4) is 0 Å². The smallest absolute Gasteiger partial charge is 0.374 e. The summed E-state index contributed by atoms with van der Waals surface area (Å²) < 4.78 is 14.9. The standard InChI is InChI=1S/C15H15NO6/c1-20-7-6-16-14(18)9-21-15(19)13-8-11(17)10-4-2-3-5-12(10)22-13/h2-5,8H,6-7,9H2,1H3,(H,16,18). The first kappa shape index (κ1) is 15.7. The Morgan fingerprint density at radius 1 is 1.27 bits per heavy atom. The zero-order valence-corrected chi connectivity index (χ0v) is 12.0. The molecule has 0 fully saturated rings. The number of methoxy groups -OCH3 is 1. The van der Waals surface area contributed by atoms with E-state index in [1.165, 1.54) is 7.11 Å². The minimum Gasteiger partial charge on any atom is -0.450 e. The van der Waals surface area contributed by atoms with E-state index in [4.69, 9.17) is 13.9 Å². The first-order valence-corrected chi connectivity index (χ1v) is 6.57. The van der Waals surface area contributed by atoms with E-state index in [0.29, 0.717) is 18.5 Å². The van der Waals surface area contributed by atoms with E-state index in [9.17, 15) is 14.4 Å². The molecule has 1 aromatic heterocycles. The van der Waals surface area contributed by atoms with Gasteiger partial charge in [0.2, 0.25) is 5.76 Å². The predicted octanol–water partition coefficient (Wildman–Crippen LogP) is 0.712. The number of para-hydroxylation sites is 1. The van der Waals surface area contributed by atoms with Crippen molar-refractivity contribution in [1.29, 1.82) is 0 Å². The highest BCUT2D eigenvalue weighted by Gasteiger charge is 2.15. The summed E-state index contributed by atoms with van der Waals surface area (Å²) in [7, 11) is 1.51. The van der Waals surface area contributed by atoms with Crippen molar-refractivity contribution >= 4 is 22.8 Å². The summed E-state index contributed by atoms with van der Waals surface area (Å²) in [5.41, 5.74) is -0.0650. The molecule has 0 aliphatic rings. The molecular formula is C15H15NO6. The second kappa shape index (κ2) is 7.37. The zero-order valence-electron chi connectivity index (χ0n) is 12.0. The van der Waals surface area contributed by atoms with E-state index < -0.39 is 18.5 Å². The summed E-state index contributed by atoms with van der Waals surface area (Å²) in [6, 6.07) is 7.60. The van der Waals surface area contributed by atoms with Gasteiger partial charge < -0.3 is 19.2 Å². The van der Waals surface area contributed by atoms with Gasteiger partial charge in [-0.2, -0.15) is 0 Å². The molecule has 0 unspecified atom stereocenters. The Balaban J connectivity index is 2.01. The third kappa shape index (κ3) is 3.92. The second-order valence-electron chi connectivity index (χ2n) is 4.39. The molecule has 1 aromatic carbocycles. The van der Waals surface area contributed by atoms with Crippen LogP contribution in [0.25, 0.3) is 11.0 Å². The summed E-state index contributed by atoms with van der Waals surface area (Å²) in [6.07, 6.45) is 0. The number of benzene rings is 1. The Morgan fingerprint density at radius 2 is 2.05 bits per heavy atom. The highest BCUT2D eigenvalue weighted by Crippen LogP contribution is 2.12. The van der Waals surface area contributed by atoms with Crippen molar-refractivity contribution in [1.82, 2.24) is 5.32 Å².